The summed E-state index contributed by atoms with van der Waals surface area (Å²) in [6.45, 7) is 0.473. The number of alkyl halides is 3. The van der Waals surface area contributed by atoms with Crippen LogP contribution in [0.4, 0.5) is 13.2 Å². The Bertz CT molecular complexity index is 1750. The van der Waals surface area contributed by atoms with Crippen molar-refractivity contribution < 1.29 is 32.2 Å². The summed E-state index contributed by atoms with van der Waals surface area (Å²) < 4.78 is 52.6. The van der Waals surface area contributed by atoms with Gasteiger partial charge in [0.15, 0.2) is 5.78 Å². The van der Waals surface area contributed by atoms with Crippen molar-refractivity contribution in [1.82, 2.24) is 15.0 Å². The minimum atomic E-state index is -4.64. The molecular formula is C34H36F3N3O5S. The summed E-state index contributed by atoms with van der Waals surface area (Å²) in [5.74, 6) is -1.59. The van der Waals surface area contributed by atoms with Crippen LogP contribution in [0.5, 0.6) is 5.75 Å². The van der Waals surface area contributed by atoms with Gasteiger partial charge in [-0.15, -0.1) is 5.10 Å². The van der Waals surface area contributed by atoms with Crippen molar-refractivity contribution in [3.8, 4) is 5.75 Å². The number of carbonyl (C=O) groups excluding carboxylic acids is 2. The smallest absolute Gasteiger partial charge is 0.416 e. The first-order valence-electron chi connectivity index (χ1n) is 14.9. The van der Waals surface area contributed by atoms with E-state index in [9.17, 15) is 27.6 Å². The van der Waals surface area contributed by atoms with Crippen molar-refractivity contribution in [1.29, 1.82) is 0 Å². The van der Waals surface area contributed by atoms with E-state index in [2.05, 4.69) is 29.1 Å². The minimum absolute atomic E-state index is 0.0329. The molecule has 1 aromatic heterocycles. The molecule has 244 valence electrons. The zero-order valence-electron chi connectivity index (χ0n) is 25.8. The Kier molecular flexibility index (Phi) is 9.85. The Labute approximate surface area is 266 Å². The van der Waals surface area contributed by atoms with Crippen LogP contribution >= 0.6 is 10.0 Å². The van der Waals surface area contributed by atoms with Gasteiger partial charge >= 0.3 is 12.1 Å². The predicted octanol–water partition coefficient (Wildman–Crippen LogP) is 6.15. The van der Waals surface area contributed by atoms with Crippen LogP contribution < -0.4 is 10.3 Å². The van der Waals surface area contributed by atoms with Gasteiger partial charge in [0.2, 0.25) is 0 Å². The number of halogens is 3. The number of esters is 1. The molecule has 5 rings (SSSR count). The first kappa shape index (κ1) is 33.2. The van der Waals surface area contributed by atoms with Gasteiger partial charge in [0.05, 0.1) is 30.0 Å². The highest BCUT2D eigenvalue weighted by molar-refractivity contribution is 8.32. The molecule has 4 aromatic rings. The molecule has 0 saturated heterocycles. The number of hydrogen-bond donors (Lipinski definition) is 0. The number of ketones is 1. The third kappa shape index (κ3) is 7.96. The maximum Gasteiger partial charge on any atom is 0.416 e. The van der Waals surface area contributed by atoms with Crippen LogP contribution in [0, 0.1) is 17.8 Å². The van der Waals surface area contributed by atoms with Crippen LogP contribution in [-0.2, 0) is 28.9 Å². The van der Waals surface area contributed by atoms with Crippen molar-refractivity contribution in [2.75, 3.05) is 31.1 Å². The Balaban J connectivity index is 1.37. The van der Waals surface area contributed by atoms with Crippen LogP contribution in [0.3, 0.4) is 0 Å². The molecule has 3 aromatic carbocycles. The number of fused-ring (bicyclic) bond motifs is 1. The first-order chi connectivity index (χ1) is 21.8. The summed E-state index contributed by atoms with van der Waals surface area (Å²) >= 11 is 0. The molecule has 0 radical (unpaired) electrons. The van der Waals surface area contributed by atoms with E-state index in [1.165, 1.54) is 0 Å². The van der Waals surface area contributed by atoms with E-state index < -0.39 is 51.1 Å². The second-order valence-electron chi connectivity index (χ2n) is 12.4. The number of rotatable bonds is 11. The Hall–Kier alpha value is -4.19. The highest BCUT2D eigenvalue weighted by Gasteiger charge is 2.46. The topological polar surface area (TPSA) is 100 Å². The molecule has 12 heteroatoms. The molecule has 1 fully saturated rings. The maximum absolute atomic E-state index is 13.8. The van der Waals surface area contributed by atoms with E-state index in [0.29, 0.717) is 36.5 Å². The van der Waals surface area contributed by atoms with Crippen molar-refractivity contribution in [3.63, 3.8) is 0 Å². The van der Waals surface area contributed by atoms with E-state index >= 15 is 0 Å². The molecule has 1 heterocycles. The lowest BCUT2D eigenvalue weighted by molar-refractivity contribution is -0.150. The number of hydrogen-bond acceptors (Lipinski definition) is 7. The van der Waals surface area contributed by atoms with Crippen LogP contribution in [-0.4, -0.2) is 57.9 Å². The molecule has 46 heavy (non-hydrogen) atoms. The lowest BCUT2D eigenvalue weighted by Crippen LogP contribution is -2.36. The molecule has 0 spiro atoms. The summed E-state index contributed by atoms with van der Waals surface area (Å²) in [5.41, 5.74) is -0.268. The van der Waals surface area contributed by atoms with Crippen LogP contribution in [0.2, 0.25) is 0 Å². The summed E-state index contributed by atoms with van der Waals surface area (Å²) in [6, 6.07) is 19.1. The lowest BCUT2D eigenvalue weighted by atomic mass is 9.84. The van der Waals surface area contributed by atoms with Crippen LogP contribution in [0.25, 0.3) is 10.9 Å². The second kappa shape index (κ2) is 13.7. The van der Waals surface area contributed by atoms with E-state index in [1.54, 1.807) is 24.3 Å². The van der Waals surface area contributed by atoms with E-state index in [0.717, 1.165) is 28.4 Å². The third-order valence-electron chi connectivity index (χ3n) is 8.18. The van der Waals surface area contributed by atoms with Gasteiger partial charge < -0.3 is 9.47 Å². The molecule has 1 saturated carbocycles. The van der Waals surface area contributed by atoms with Gasteiger partial charge in [-0.2, -0.15) is 13.2 Å². The van der Waals surface area contributed by atoms with Crippen molar-refractivity contribution in [2.24, 2.45) is 17.8 Å². The summed E-state index contributed by atoms with van der Waals surface area (Å²) in [4.78, 5) is 40.6. The van der Waals surface area contributed by atoms with Crippen molar-refractivity contribution in [2.45, 2.75) is 32.2 Å². The Morgan fingerprint density at radius 3 is 2.37 bits per heavy atom. The molecule has 0 aliphatic heterocycles. The molecule has 0 bridgehead atoms. The molecule has 0 unspecified atom stereocenters. The van der Waals surface area contributed by atoms with E-state index in [-0.39, 0.29) is 29.8 Å². The fourth-order valence-corrected chi connectivity index (χ4v) is 6.27. The van der Waals surface area contributed by atoms with Crippen molar-refractivity contribution in [3.05, 3.63) is 99.8 Å². The summed E-state index contributed by atoms with van der Waals surface area (Å²) in [5, 5.41) is 7.68. The zero-order chi connectivity index (χ0) is 33.1. The number of aromatic nitrogens is 3. The van der Waals surface area contributed by atoms with Crippen molar-refractivity contribution >= 4 is 32.7 Å². The summed E-state index contributed by atoms with van der Waals surface area (Å²) in [6.07, 6.45) is 2.46. The molecule has 8 nitrogen and oxygen atoms in total. The van der Waals surface area contributed by atoms with E-state index in [4.69, 9.17) is 9.47 Å². The van der Waals surface area contributed by atoms with Gasteiger partial charge in [0, 0.05) is 17.2 Å². The highest BCUT2D eigenvalue weighted by Crippen LogP contribution is 2.41. The number of ether oxygens (including phenoxy) is 2. The lowest BCUT2D eigenvalue weighted by Gasteiger charge is -2.27. The SMILES string of the molecule is CS(C)(C)CCOC(=O)[C@H]1[C@H](Cn2nnc3ccc(C(F)(F)F)cc3c2=O)CC[C@@H]1C(=O)c1ccc(OCc2ccccc2)cc1. The maximum atomic E-state index is 13.8. The van der Waals surface area contributed by atoms with E-state index in [1.807, 2.05) is 30.3 Å². The molecule has 1 aliphatic carbocycles. The van der Waals surface area contributed by atoms with Crippen LogP contribution in [0.1, 0.15) is 34.3 Å². The second-order valence-corrected chi connectivity index (χ2v) is 17.0. The Morgan fingerprint density at radius 2 is 1.70 bits per heavy atom. The van der Waals surface area contributed by atoms with Gasteiger partial charge in [-0.05, 0) is 85.6 Å². The van der Waals surface area contributed by atoms with Gasteiger partial charge in [-0.25, -0.2) is 14.7 Å². The largest absolute Gasteiger partial charge is 0.489 e. The highest BCUT2D eigenvalue weighted by atomic mass is 32.3. The zero-order valence-corrected chi connectivity index (χ0v) is 26.6. The fourth-order valence-electron chi connectivity index (χ4n) is 5.69. The standard InChI is InChI=1S/C34H36F3N3O5S/c1-46(2,3)18-17-44-33(43)30-24(20-40-32(42)28-19-25(34(35,36)37)12-16-29(28)38-39-40)11-15-27(30)31(41)23-9-13-26(14-10-23)45-21-22-7-5-4-6-8-22/h4-10,12-14,16,19,24,27,30H,11,15,17-18,20-21H2,1-3H3/t24-,27-,30-/m0/s1. The van der Waals surface area contributed by atoms with Gasteiger partial charge in [0.1, 0.15) is 17.9 Å². The first-order valence-corrected chi connectivity index (χ1v) is 17.9. The van der Waals surface area contributed by atoms with Gasteiger partial charge in [0.25, 0.3) is 5.56 Å². The normalized spacial score (nSPS) is 18.8. The third-order valence-corrected chi connectivity index (χ3v) is 9.57. The number of Topliss-reactive ketones (excluding diaryl/α,β-unsaturated/α-hetero) is 1. The number of nitrogens with zero attached hydrogens (tertiary/aromatic N) is 3. The molecular weight excluding hydrogens is 619 g/mol. The average Bonchev–Trinajstić information content (AvgIpc) is 3.44. The molecule has 0 amide bonds. The average molecular weight is 656 g/mol. The minimum Gasteiger partial charge on any atom is -0.489 e. The van der Waals surface area contributed by atoms with Gasteiger partial charge in [-0.3, -0.25) is 14.4 Å². The predicted molar refractivity (Wildman–Crippen MR) is 171 cm³/mol. The van der Waals surface area contributed by atoms with Crippen LogP contribution in [0.15, 0.2) is 77.6 Å². The number of carbonyl (C=O) groups is 2. The molecule has 0 N–H and O–H groups in total. The Morgan fingerprint density at radius 1 is 0.978 bits per heavy atom. The monoisotopic (exact) mass is 655 g/mol. The molecule has 3 atom stereocenters. The quantitative estimate of drug-likeness (QED) is 0.141. The molecule has 1 aliphatic rings. The fraction of sp³-hybridized carbons (Fsp3) is 0.382. The number of benzene rings is 3. The summed E-state index contributed by atoms with van der Waals surface area (Å²) in [7, 11) is -0.945. The van der Waals surface area contributed by atoms with Gasteiger partial charge in [-0.1, -0.05) is 35.5 Å².